The molecule has 1 aromatic heterocycles. The van der Waals surface area contributed by atoms with Gasteiger partial charge in [0, 0.05) is 27.0 Å². The van der Waals surface area contributed by atoms with Crippen molar-refractivity contribution in [2.75, 3.05) is 6.54 Å². The van der Waals surface area contributed by atoms with Crippen LogP contribution in [0.5, 0.6) is 0 Å². The Labute approximate surface area is 124 Å². The molecule has 0 saturated heterocycles. The largest absolute Gasteiger partial charge is 0.310 e. The number of thiazole rings is 1. The van der Waals surface area contributed by atoms with E-state index in [0.717, 1.165) is 15.4 Å². The van der Waals surface area contributed by atoms with E-state index in [9.17, 15) is 0 Å². The molecular formula is C13H15BrN2S2. The van der Waals surface area contributed by atoms with Crippen LogP contribution in [0, 0.1) is 0 Å². The molecule has 1 N–H and O–H groups in total. The van der Waals surface area contributed by atoms with Crippen molar-refractivity contribution >= 4 is 39.0 Å². The smallest absolute Gasteiger partial charge is 0.154 e. The molecule has 0 amide bonds. The van der Waals surface area contributed by atoms with Crippen molar-refractivity contribution in [2.24, 2.45) is 0 Å². The van der Waals surface area contributed by atoms with E-state index in [1.807, 2.05) is 11.6 Å². The average molecular weight is 343 g/mol. The fourth-order valence-electron chi connectivity index (χ4n) is 1.72. The molecule has 0 fully saturated rings. The van der Waals surface area contributed by atoms with E-state index in [-0.39, 0.29) is 0 Å². The van der Waals surface area contributed by atoms with Gasteiger partial charge in [-0.1, -0.05) is 34.6 Å². The van der Waals surface area contributed by atoms with E-state index in [4.69, 9.17) is 0 Å². The van der Waals surface area contributed by atoms with Crippen molar-refractivity contribution in [1.29, 1.82) is 0 Å². The summed E-state index contributed by atoms with van der Waals surface area (Å²) in [5, 5.41) is 5.47. The molecule has 0 spiro atoms. The molecule has 0 saturated carbocycles. The molecule has 96 valence electrons. The Hall–Kier alpha value is -0.360. The molecule has 0 aliphatic rings. The minimum Gasteiger partial charge on any atom is -0.310 e. The molecule has 18 heavy (non-hydrogen) atoms. The molecule has 0 bridgehead atoms. The standard InChI is InChI=1S/C13H15BrN2S2/c1-3-15-9(2)11-8-10(14)4-5-12(11)18-13-16-6-7-17-13/h4-9,15H,3H2,1-2H3. The van der Waals surface area contributed by atoms with Crippen molar-refractivity contribution in [1.82, 2.24) is 10.3 Å². The normalized spacial score (nSPS) is 12.6. The van der Waals surface area contributed by atoms with Crippen LogP contribution in [0.1, 0.15) is 25.5 Å². The number of benzene rings is 1. The number of aromatic nitrogens is 1. The molecule has 2 rings (SSSR count). The molecule has 1 atom stereocenters. The molecule has 1 aromatic carbocycles. The molecule has 2 nitrogen and oxygen atoms in total. The lowest BCUT2D eigenvalue weighted by Crippen LogP contribution is -2.18. The topological polar surface area (TPSA) is 24.9 Å². The Balaban J connectivity index is 2.28. The van der Waals surface area contributed by atoms with E-state index in [1.54, 1.807) is 23.1 Å². The van der Waals surface area contributed by atoms with Crippen molar-refractivity contribution in [3.05, 3.63) is 39.8 Å². The predicted octanol–water partition coefficient (Wildman–Crippen LogP) is 4.73. The van der Waals surface area contributed by atoms with Crippen LogP contribution in [0.15, 0.2) is 43.5 Å². The Morgan fingerprint density at radius 2 is 2.33 bits per heavy atom. The lowest BCUT2D eigenvalue weighted by molar-refractivity contribution is 0.589. The van der Waals surface area contributed by atoms with E-state index in [0.29, 0.717) is 6.04 Å². The first-order valence-electron chi connectivity index (χ1n) is 5.81. The second-order valence-corrected chi connectivity index (χ2v) is 6.96. The summed E-state index contributed by atoms with van der Waals surface area (Å²) < 4.78 is 2.20. The van der Waals surface area contributed by atoms with Crippen LogP contribution in [0.25, 0.3) is 0 Å². The number of hydrogen-bond donors (Lipinski definition) is 1. The fourth-order valence-corrected chi connectivity index (χ4v) is 3.88. The van der Waals surface area contributed by atoms with Crippen LogP contribution >= 0.6 is 39.0 Å². The van der Waals surface area contributed by atoms with Gasteiger partial charge in [0.05, 0.1) is 0 Å². The summed E-state index contributed by atoms with van der Waals surface area (Å²) in [6, 6.07) is 6.76. The van der Waals surface area contributed by atoms with E-state index >= 15 is 0 Å². The number of rotatable bonds is 5. The number of halogens is 1. The number of nitrogens with zero attached hydrogens (tertiary/aromatic N) is 1. The fraction of sp³-hybridized carbons (Fsp3) is 0.308. The van der Waals surface area contributed by atoms with E-state index in [2.05, 4.69) is 58.3 Å². The molecule has 1 heterocycles. The van der Waals surface area contributed by atoms with Crippen LogP contribution in [-0.2, 0) is 0 Å². The summed E-state index contributed by atoms with van der Waals surface area (Å²) >= 11 is 6.95. The van der Waals surface area contributed by atoms with Crippen LogP contribution in [0.2, 0.25) is 0 Å². The molecule has 2 aromatic rings. The molecule has 5 heteroatoms. The molecular weight excluding hydrogens is 328 g/mol. The van der Waals surface area contributed by atoms with Gasteiger partial charge >= 0.3 is 0 Å². The van der Waals surface area contributed by atoms with E-state index < -0.39 is 0 Å². The van der Waals surface area contributed by atoms with Crippen molar-refractivity contribution in [2.45, 2.75) is 29.1 Å². The highest BCUT2D eigenvalue weighted by atomic mass is 79.9. The summed E-state index contributed by atoms with van der Waals surface area (Å²) in [5.41, 5.74) is 1.31. The van der Waals surface area contributed by atoms with Gasteiger partial charge in [0.1, 0.15) is 0 Å². The Kier molecular flexibility index (Phi) is 5.24. The van der Waals surface area contributed by atoms with Crippen LogP contribution < -0.4 is 5.32 Å². The molecule has 0 aliphatic heterocycles. The van der Waals surface area contributed by atoms with Gasteiger partial charge in [-0.3, -0.25) is 0 Å². The number of hydrogen-bond acceptors (Lipinski definition) is 4. The van der Waals surface area contributed by atoms with Gasteiger partial charge in [0.25, 0.3) is 0 Å². The lowest BCUT2D eigenvalue weighted by Gasteiger charge is -2.16. The van der Waals surface area contributed by atoms with Gasteiger partial charge in [0.15, 0.2) is 4.34 Å². The van der Waals surface area contributed by atoms with Gasteiger partial charge in [-0.05, 0) is 37.2 Å². The maximum atomic E-state index is 4.33. The second kappa shape index (κ2) is 6.70. The second-order valence-electron chi connectivity index (χ2n) is 3.86. The first kappa shape index (κ1) is 14.1. The zero-order chi connectivity index (χ0) is 13.0. The first-order valence-corrected chi connectivity index (χ1v) is 8.29. The van der Waals surface area contributed by atoms with Crippen LogP contribution in [0.4, 0.5) is 0 Å². The summed E-state index contributed by atoms with van der Waals surface area (Å²) in [7, 11) is 0. The zero-order valence-electron chi connectivity index (χ0n) is 10.3. The van der Waals surface area contributed by atoms with E-state index in [1.165, 1.54) is 10.5 Å². The molecule has 0 radical (unpaired) electrons. The van der Waals surface area contributed by atoms with Gasteiger partial charge in [-0.25, -0.2) is 4.98 Å². The quantitative estimate of drug-likeness (QED) is 0.850. The summed E-state index contributed by atoms with van der Waals surface area (Å²) in [6.07, 6.45) is 1.85. The SMILES string of the molecule is CCNC(C)c1cc(Br)ccc1Sc1nccs1. The van der Waals surface area contributed by atoms with Crippen LogP contribution in [-0.4, -0.2) is 11.5 Å². The van der Waals surface area contributed by atoms with Gasteiger partial charge in [0.2, 0.25) is 0 Å². The van der Waals surface area contributed by atoms with Crippen molar-refractivity contribution in [3.63, 3.8) is 0 Å². The lowest BCUT2D eigenvalue weighted by atomic mass is 10.1. The van der Waals surface area contributed by atoms with Gasteiger partial charge in [-0.15, -0.1) is 11.3 Å². The highest BCUT2D eigenvalue weighted by molar-refractivity contribution is 9.10. The van der Waals surface area contributed by atoms with Gasteiger partial charge < -0.3 is 5.32 Å². The Bertz CT molecular complexity index is 500. The summed E-state index contributed by atoms with van der Waals surface area (Å²) in [4.78, 5) is 5.60. The van der Waals surface area contributed by atoms with Gasteiger partial charge in [-0.2, -0.15) is 0 Å². The first-order chi connectivity index (χ1) is 8.70. The van der Waals surface area contributed by atoms with Crippen molar-refractivity contribution in [3.8, 4) is 0 Å². The summed E-state index contributed by atoms with van der Waals surface area (Å²) in [6.45, 7) is 5.29. The Morgan fingerprint density at radius 1 is 1.50 bits per heavy atom. The summed E-state index contributed by atoms with van der Waals surface area (Å²) in [5.74, 6) is 0. The van der Waals surface area contributed by atoms with Crippen molar-refractivity contribution < 1.29 is 0 Å². The predicted molar refractivity (Wildman–Crippen MR) is 82.5 cm³/mol. The Morgan fingerprint density at radius 3 is 3.00 bits per heavy atom. The number of nitrogens with one attached hydrogen (secondary N) is 1. The highest BCUT2D eigenvalue weighted by Gasteiger charge is 2.12. The molecule has 1 unspecified atom stereocenters. The van der Waals surface area contributed by atoms with Crippen LogP contribution in [0.3, 0.4) is 0 Å². The highest BCUT2D eigenvalue weighted by Crippen LogP contribution is 2.35. The third-order valence-electron chi connectivity index (χ3n) is 2.56. The zero-order valence-corrected chi connectivity index (χ0v) is 13.5. The average Bonchev–Trinajstić information content (AvgIpc) is 2.84. The maximum absolute atomic E-state index is 4.33. The third-order valence-corrected chi connectivity index (χ3v) is 5.02. The monoisotopic (exact) mass is 342 g/mol. The molecule has 0 aliphatic carbocycles. The minimum absolute atomic E-state index is 0.343. The third kappa shape index (κ3) is 3.57. The minimum atomic E-state index is 0.343. The maximum Gasteiger partial charge on any atom is 0.154 e.